The number of amides is 7. The topological polar surface area (TPSA) is 183 Å². The number of nitrogens with one attached hydrogen (secondary N) is 3. The van der Waals surface area contributed by atoms with Crippen LogP contribution in [0.15, 0.2) is 30.3 Å². The average molecular weight is 530 g/mol. The van der Waals surface area contributed by atoms with Crippen LogP contribution < -0.4 is 21.8 Å². The predicted molar refractivity (Wildman–Crippen MR) is 133 cm³/mol. The number of hydrogen-bond acceptors (Lipinski definition) is 7. The van der Waals surface area contributed by atoms with Gasteiger partial charge in [-0.25, -0.2) is 14.6 Å². The second kappa shape index (κ2) is 14.1. The SMILES string of the molecule is C#C[C@H](NC(=O)[C@H](C)NC(=O)N1CCN(C(=O)OCc2ccccc2)CC1)C(=O)NN(CC(N)=O)C(C)=O. The minimum Gasteiger partial charge on any atom is -0.445 e. The lowest BCUT2D eigenvalue weighted by Crippen LogP contribution is -2.58. The van der Waals surface area contributed by atoms with Crippen molar-refractivity contribution in [1.29, 1.82) is 0 Å². The van der Waals surface area contributed by atoms with E-state index in [0.29, 0.717) is 5.01 Å². The molecule has 0 saturated carbocycles. The summed E-state index contributed by atoms with van der Waals surface area (Å²) in [6.07, 6.45) is 4.84. The Bertz CT molecular complexity index is 1080. The lowest BCUT2D eigenvalue weighted by Gasteiger charge is -2.34. The quantitative estimate of drug-likeness (QED) is 0.234. The summed E-state index contributed by atoms with van der Waals surface area (Å²) in [4.78, 5) is 75.3. The number of terminal acetylenes is 1. The Morgan fingerprint density at radius 2 is 1.63 bits per heavy atom. The molecule has 2 rings (SSSR count). The van der Waals surface area contributed by atoms with E-state index in [1.807, 2.05) is 30.3 Å². The van der Waals surface area contributed by atoms with Crippen LogP contribution in [-0.2, 0) is 30.5 Å². The zero-order valence-corrected chi connectivity index (χ0v) is 21.1. The summed E-state index contributed by atoms with van der Waals surface area (Å²) in [6.45, 7) is 2.98. The summed E-state index contributed by atoms with van der Waals surface area (Å²) in [5.74, 6) is -1.19. The van der Waals surface area contributed by atoms with Crippen LogP contribution in [-0.4, -0.2) is 95.4 Å². The molecule has 1 aliphatic rings. The van der Waals surface area contributed by atoms with Gasteiger partial charge in [-0.3, -0.25) is 24.6 Å². The Hall–Kier alpha value is -4.80. The normalized spacial score (nSPS) is 14.2. The highest BCUT2D eigenvalue weighted by molar-refractivity contribution is 5.94. The van der Waals surface area contributed by atoms with Gasteiger partial charge in [-0.15, -0.1) is 6.42 Å². The van der Waals surface area contributed by atoms with Crippen LogP contribution in [0.3, 0.4) is 0 Å². The zero-order chi connectivity index (χ0) is 28.2. The van der Waals surface area contributed by atoms with Crippen LogP contribution in [0.4, 0.5) is 9.59 Å². The van der Waals surface area contributed by atoms with Gasteiger partial charge in [0.2, 0.25) is 17.7 Å². The van der Waals surface area contributed by atoms with Crippen molar-refractivity contribution in [2.45, 2.75) is 32.5 Å². The number of benzene rings is 1. The second-order valence-corrected chi connectivity index (χ2v) is 8.34. The number of carbonyl (C=O) groups excluding carboxylic acids is 6. The van der Waals surface area contributed by atoms with Crippen LogP contribution in [0.2, 0.25) is 0 Å². The maximum absolute atomic E-state index is 12.6. The van der Waals surface area contributed by atoms with Crippen molar-refractivity contribution in [3.63, 3.8) is 0 Å². The number of hydrogen-bond donors (Lipinski definition) is 4. The summed E-state index contributed by atoms with van der Waals surface area (Å²) in [6, 6.07) is 6.12. The molecule has 204 valence electrons. The first-order chi connectivity index (χ1) is 18.0. The van der Waals surface area contributed by atoms with Crippen LogP contribution >= 0.6 is 0 Å². The molecule has 1 aliphatic heterocycles. The molecule has 1 heterocycles. The maximum Gasteiger partial charge on any atom is 0.410 e. The number of carbonyl (C=O) groups is 6. The Morgan fingerprint density at radius 3 is 2.18 bits per heavy atom. The molecular weight excluding hydrogens is 498 g/mol. The maximum atomic E-state index is 12.6. The fourth-order valence-corrected chi connectivity index (χ4v) is 3.28. The molecule has 1 aromatic rings. The molecule has 0 aromatic heterocycles. The van der Waals surface area contributed by atoms with Gasteiger partial charge < -0.3 is 30.9 Å². The van der Waals surface area contributed by atoms with E-state index in [1.54, 1.807) is 0 Å². The van der Waals surface area contributed by atoms with E-state index < -0.39 is 54.4 Å². The highest BCUT2D eigenvalue weighted by Gasteiger charge is 2.29. The Labute approximate surface area is 219 Å². The number of piperazine rings is 1. The molecule has 0 spiro atoms. The number of primary amides is 1. The van der Waals surface area contributed by atoms with E-state index in [0.717, 1.165) is 12.5 Å². The molecule has 2 atom stereocenters. The van der Waals surface area contributed by atoms with Crippen molar-refractivity contribution < 1.29 is 33.5 Å². The first-order valence-electron chi connectivity index (χ1n) is 11.7. The second-order valence-electron chi connectivity index (χ2n) is 8.34. The van der Waals surface area contributed by atoms with Crippen molar-refractivity contribution in [2.75, 3.05) is 32.7 Å². The van der Waals surface area contributed by atoms with Gasteiger partial charge >= 0.3 is 12.1 Å². The third-order valence-corrected chi connectivity index (χ3v) is 5.42. The highest BCUT2D eigenvalue weighted by atomic mass is 16.6. The van der Waals surface area contributed by atoms with Gasteiger partial charge in [0.05, 0.1) is 0 Å². The molecule has 1 aromatic carbocycles. The smallest absolute Gasteiger partial charge is 0.410 e. The lowest BCUT2D eigenvalue weighted by atomic mass is 10.2. The Morgan fingerprint density at radius 1 is 1.03 bits per heavy atom. The van der Waals surface area contributed by atoms with Gasteiger partial charge in [0.1, 0.15) is 19.2 Å². The molecule has 1 saturated heterocycles. The molecule has 0 unspecified atom stereocenters. The zero-order valence-electron chi connectivity index (χ0n) is 21.1. The van der Waals surface area contributed by atoms with Crippen molar-refractivity contribution in [3.8, 4) is 12.3 Å². The van der Waals surface area contributed by atoms with E-state index in [9.17, 15) is 28.8 Å². The van der Waals surface area contributed by atoms with Crippen LogP contribution in [0, 0.1) is 12.3 Å². The first kappa shape index (κ1) is 29.4. The van der Waals surface area contributed by atoms with Crippen LogP contribution in [0.1, 0.15) is 19.4 Å². The van der Waals surface area contributed by atoms with E-state index in [1.165, 1.54) is 16.7 Å². The van der Waals surface area contributed by atoms with Crippen molar-refractivity contribution in [2.24, 2.45) is 5.73 Å². The van der Waals surface area contributed by atoms with Crippen molar-refractivity contribution in [3.05, 3.63) is 35.9 Å². The van der Waals surface area contributed by atoms with Gasteiger partial charge in [-0.1, -0.05) is 36.3 Å². The van der Waals surface area contributed by atoms with Crippen LogP contribution in [0.5, 0.6) is 0 Å². The van der Waals surface area contributed by atoms with E-state index in [2.05, 4.69) is 22.0 Å². The fraction of sp³-hybridized carbons (Fsp3) is 0.417. The molecule has 38 heavy (non-hydrogen) atoms. The largest absolute Gasteiger partial charge is 0.445 e. The van der Waals surface area contributed by atoms with Gasteiger partial charge in [0, 0.05) is 33.1 Å². The van der Waals surface area contributed by atoms with Gasteiger partial charge in [0.25, 0.3) is 5.91 Å². The third kappa shape index (κ3) is 9.01. The van der Waals surface area contributed by atoms with Crippen molar-refractivity contribution >= 4 is 35.8 Å². The van der Waals surface area contributed by atoms with Crippen molar-refractivity contribution in [1.82, 2.24) is 30.9 Å². The molecular formula is C24H31N7O7. The van der Waals surface area contributed by atoms with E-state index in [4.69, 9.17) is 16.9 Å². The summed E-state index contributed by atoms with van der Waals surface area (Å²) in [5, 5.41) is 5.44. The highest BCUT2D eigenvalue weighted by Crippen LogP contribution is 2.07. The number of nitrogens with zero attached hydrogens (tertiary/aromatic N) is 3. The van der Waals surface area contributed by atoms with Gasteiger partial charge in [0.15, 0.2) is 6.04 Å². The number of urea groups is 1. The van der Waals surface area contributed by atoms with E-state index in [-0.39, 0.29) is 32.8 Å². The fourth-order valence-electron chi connectivity index (χ4n) is 3.28. The predicted octanol–water partition coefficient (Wildman–Crippen LogP) is -1.48. The monoisotopic (exact) mass is 529 g/mol. The van der Waals surface area contributed by atoms with Gasteiger partial charge in [-0.05, 0) is 12.5 Å². The summed E-state index contributed by atoms with van der Waals surface area (Å²) in [7, 11) is 0. The standard InChI is InChI=1S/C24H31N7O7/c1-4-19(22(35)28-31(17(3)32)14-20(25)33)27-21(34)16(2)26-23(36)29-10-12-30(13-11-29)24(37)38-15-18-8-6-5-7-9-18/h1,5-9,16,19H,10-15H2,2-3H3,(H2,25,33)(H,26,36)(H,27,34)(H,28,35)/t16-,19-/m0/s1. The molecule has 0 radical (unpaired) electrons. The lowest BCUT2D eigenvalue weighted by molar-refractivity contribution is -0.143. The average Bonchev–Trinajstić information content (AvgIpc) is 2.89. The molecule has 7 amide bonds. The van der Waals surface area contributed by atoms with Crippen LogP contribution in [0.25, 0.3) is 0 Å². The summed E-state index contributed by atoms with van der Waals surface area (Å²) >= 11 is 0. The molecule has 5 N–H and O–H groups in total. The number of ether oxygens (including phenoxy) is 1. The summed E-state index contributed by atoms with van der Waals surface area (Å²) in [5.41, 5.74) is 8.01. The third-order valence-electron chi connectivity index (χ3n) is 5.42. The first-order valence-corrected chi connectivity index (χ1v) is 11.7. The minimum atomic E-state index is -1.50. The molecule has 1 fully saturated rings. The Balaban J connectivity index is 1.80. The Kier molecular flexibility index (Phi) is 10.9. The molecule has 14 heteroatoms. The number of nitrogens with two attached hydrogens (primary N) is 1. The number of hydrazine groups is 1. The molecule has 0 aliphatic carbocycles. The van der Waals surface area contributed by atoms with E-state index >= 15 is 0 Å². The molecule has 14 nitrogen and oxygen atoms in total. The molecule has 0 bridgehead atoms. The van der Waals surface area contributed by atoms with Gasteiger partial charge in [-0.2, -0.15) is 0 Å². The summed E-state index contributed by atoms with van der Waals surface area (Å²) < 4.78 is 5.30. The minimum absolute atomic E-state index is 0.140. The number of rotatable bonds is 8.